The minimum Gasteiger partial charge on any atom is -0.444 e. The molecule has 1 amide bonds. The molecule has 2 aliphatic heterocycles. The summed E-state index contributed by atoms with van der Waals surface area (Å²) in [6.07, 6.45) is 3.26. The second-order valence-corrected chi connectivity index (χ2v) is 11.6. The largest absolute Gasteiger partial charge is 0.444 e. The Bertz CT molecular complexity index is 1460. The van der Waals surface area contributed by atoms with Gasteiger partial charge in [0.05, 0.1) is 22.9 Å². The van der Waals surface area contributed by atoms with Gasteiger partial charge in [0, 0.05) is 56.9 Å². The highest BCUT2D eigenvalue weighted by Crippen LogP contribution is 2.32. The number of likely N-dealkylation sites (tertiary alicyclic amines) is 1. The number of nitrogens with one attached hydrogen (secondary N) is 2. The van der Waals surface area contributed by atoms with E-state index in [0.717, 1.165) is 32.0 Å². The van der Waals surface area contributed by atoms with Crippen LogP contribution < -0.4 is 15.6 Å². The molecule has 2 aromatic heterocycles. The third kappa shape index (κ3) is 5.78. The fraction of sp³-hybridized carbons (Fsp3) is 0.462. The number of carbonyl (C=O) groups excluding carboxylic acids is 1. The third-order valence-corrected chi connectivity index (χ3v) is 7.46. The minimum atomic E-state index is -0.836. The van der Waals surface area contributed by atoms with Crippen molar-refractivity contribution < 1.29 is 18.3 Å². The number of hydrogen-bond donors (Lipinski definition) is 2. The number of nitrogens with zero attached hydrogens (tertiary/aromatic N) is 5. The first kappa shape index (κ1) is 27.1. The maximum atomic E-state index is 15.5. The van der Waals surface area contributed by atoms with Gasteiger partial charge in [0.15, 0.2) is 5.82 Å². The van der Waals surface area contributed by atoms with E-state index in [1.54, 1.807) is 4.90 Å². The number of ether oxygens (including phenoxy) is 1. The standard InChI is InChI=1S/C26H31F2N7O3S/c1-26(2,3)38-25(37)34-13-16(14-34)30-24-29-12-15-11-17(23(36)33(4)22(15)31-24)20-18(27)7-8-19(21(20)28)32-39-35-9-5-6-10-35/h7-8,11-12,16,32H,5-6,9-10,13-14H2,1-4H3,(H,29,30,31). The number of anilines is 2. The number of carbonyl (C=O) groups is 1. The van der Waals surface area contributed by atoms with Crippen LogP contribution in [-0.2, 0) is 11.8 Å². The number of hydrogen-bond acceptors (Lipinski definition) is 9. The second-order valence-electron chi connectivity index (χ2n) is 10.7. The third-order valence-electron chi connectivity index (χ3n) is 6.53. The molecule has 2 saturated heterocycles. The van der Waals surface area contributed by atoms with Crippen molar-refractivity contribution in [3.63, 3.8) is 0 Å². The quantitative estimate of drug-likeness (QED) is 0.426. The van der Waals surface area contributed by atoms with E-state index in [4.69, 9.17) is 4.74 Å². The lowest BCUT2D eigenvalue weighted by atomic mass is 10.0. The van der Waals surface area contributed by atoms with E-state index in [0.29, 0.717) is 24.1 Å². The fourth-order valence-corrected chi connectivity index (χ4v) is 5.32. The smallest absolute Gasteiger partial charge is 0.410 e. The minimum absolute atomic E-state index is 0.0804. The molecule has 2 fully saturated rings. The molecule has 0 radical (unpaired) electrons. The summed E-state index contributed by atoms with van der Waals surface area (Å²) >= 11 is 1.27. The number of pyridine rings is 1. The van der Waals surface area contributed by atoms with Crippen molar-refractivity contribution in [1.82, 2.24) is 23.7 Å². The van der Waals surface area contributed by atoms with E-state index in [2.05, 4.69) is 24.3 Å². The lowest BCUT2D eigenvalue weighted by Crippen LogP contribution is -2.58. The lowest BCUT2D eigenvalue weighted by molar-refractivity contribution is 0.0104. The van der Waals surface area contributed by atoms with Crippen molar-refractivity contribution in [2.75, 3.05) is 36.2 Å². The number of halogens is 2. The van der Waals surface area contributed by atoms with Crippen LogP contribution in [-0.4, -0.2) is 67.7 Å². The van der Waals surface area contributed by atoms with Crippen LogP contribution in [0.4, 0.5) is 25.2 Å². The molecule has 208 valence electrons. The van der Waals surface area contributed by atoms with Gasteiger partial charge in [0.25, 0.3) is 5.56 Å². The van der Waals surface area contributed by atoms with Gasteiger partial charge in [-0.05, 0) is 51.8 Å². The zero-order valence-corrected chi connectivity index (χ0v) is 23.1. The van der Waals surface area contributed by atoms with Gasteiger partial charge < -0.3 is 19.7 Å². The average Bonchev–Trinajstić information content (AvgIpc) is 3.36. The molecule has 2 N–H and O–H groups in total. The van der Waals surface area contributed by atoms with Gasteiger partial charge in [-0.1, -0.05) is 0 Å². The molecular formula is C26H31F2N7O3S. The number of benzene rings is 1. The molecule has 0 aliphatic carbocycles. The Morgan fingerprint density at radius 3 is 2.59 bits per heavy atom. The molecule has 4 heterocycles. The van der Waals surface area contributed by atoms with Crippen LogP contribution in [0.2, 0.25) is 0 Å². The van der Waals surface area contributed by atoms with Gasteiger partial charge in [0.2, 0.25) is 5.95 Å². The Hall–Kier alpha value is -3.45. The van der Waals surface area contributed by atoms with Crippen LogP contribution in [0.3, 0.4) is 0 Å². The first-order valence-electron chi connectivity index (χ1n) is 12.8. The van der Waals surface area contributed by atoms with E-state index in [-0.39, 0.29) is 29.3 Å². The zero-order chi connectivity index (χ0) is 27.9. The summed E-state index contributed by atoms with van der Waals surface area (Å²) in [4.78, 5) is 35.8. The van der Waals surface area contributed by atoms with Crippen LogP contribution in [0.1, 0.15) is 33.6 Å². The summed E-state index contributed by atoms with van der Waals surface area (Å²) in [5, 5.41) is 3.60. The maximum absolute atomic E-state index is 15.5. The van der Waals surface area contributed by atoms with Gasteiger partial charge in [-0.3, -0.25) is 9.36 Å². The molecular weight excluding hydrogens is 528 g/mol. The average molecular weight is 560 g/mol. The fourth-order valence-electron chi connectivity index (χ4n) is 4.49. The van der Waals surface area contributed by atoms with Crippen LogP contribution in [0, 0.1) is 11.6 Å². The monoisotopic (exact) mass is 559 g/mol. The molecule has 2 aliphatic rings. The Morgan fingerprint density at radius 2 is 1.90 bits per heavy atom. The van der Waals surface area contributed by atoms with Crippen LogP contribution in [0.15, 0.2) is 29.2 Å². The van der Waals surface area contributed by atoms with Gasteiger partial charge >= 0.3 is 6.09 Å². The number of aryl methyl sites for hydroxylation is 1. The first-order valence-corrected chi connectivity index (χ1v) is 13.5. The predicted molar refractivity (Wildman–Crippen MR) is 147 cm³/mol. The van der Waals surface area contributed by atoms with Gasteiger partial charge in [-0.2, -0.15) is 4.98 Å². The van der Waals surface area contributed by atoms with Crippen molar-refractivity contribution in [3.8, 4) is 11.1 Å². The van der Waals surface area contributed by atoms with Crippen molar-refractivity contribution in [3.05, 3.63) is 46.4 Å². The normalized spacial score (nSPS) is 16.4. The molecule has 0 saturated carbocycles. The number of amides is 1. The summed E-state index contributed by atoms with van der Waals surface area (Å²) in [6, 6.07) is 3.81. The van der Waals surface area contributed by atoms with Gasteiger partial charge in [-0.15, -0.1) is 0 Å². The van der Waals surface area contributed by atoms with Crippen molar-refractivity contribution in [2.45, 2.75) is 45.3 Å². The summed E-state index contributed by atoms with van der Waals surface area (Å²) in [7, 11) is 1.50. The Labute approximate surface area is 229 Å². The number of fused-ring (bicyclic) bond motifs is 1. The summed E-state index contributed by atoms with van der Waals surface area (Å²) in [6.45, 7) is 8.05. The van der Waals surface area contributed by atoms with Crippen LogP contribution in [0.25, 0.3) is 22.2 Å². The molecule has 0 bridgehead atoms. The molecule has 1 aromatic carbocycles. The highest BCUT2D eigenvalue weighted by atomic mass is 32.2. The molecule has 0 spiro atoms. The Morgan fingerprint density at radius 1 is 1.18 bits per heavy atom. The lowest BCUT2D eigenvalue weighted by Gasteiger charge is -2.39. The maximum Gasteiger partial charge on any atom is 0.410 e. The Kier molecular flexibility index (Phi) is 7.38. The number of aromatic nitrogens is 3. The molecule has 39 heavy (non-hydrogen) atoms. The van der Waals surface area contributed by atoms with E-state index in [1.807, 2.05) is 20.8 Å². The van der Waals surface area contributed by atoms with E-state index < -0.39 is 28.4 Å². The highest BCUT2D eigenvalue weighted by Gasteiger charge is 2.34. The van der Waals surface area contributed by atoms with Crippen molar-refractivity contribution >= 4 is 40.9 Å². The zero-order valence-electron chi connectivity index (χ0n) is 22.3. The molecule has 3 aromatic rings. The van der Waals surface area contributed by atoms with E-state index >= 15 is 4.39 Å². The Balaban J connectivity index is 1.35. The van der Waals surface area contributed by atoms with Crippen LogP contribution >= 0.6 is 12.1 Å². The SMILES string of the molecule is Cn1c(=O)c(-c2c(F)ccc(NSN3CCCC3)c2F)cc2cnc(NC3CN(C(=O)OC(C)(C)C)C3)nc21. The van der Waals surface area contributed by atoms with Crippen LogP contribution in [0.5, 0.6) is 0 Å². The summed E-state index contributed by atoms with van der Waals surface area (Å²) in [5.74, 6) is -1.39. The van der Waals surface area contributed by atoms with Crippen molar-refractivity contribution in [1.29, 1.82) is 0 Å². The van der Waals surface area contributed by atoms with E-state index in [9.17, 15) is 14.0 Å². The number of rotatable bonds is 6. The van der Waals surface area contributed by atoms with E-state index in [1.165, 1.54) is 42.1 Å². The molecule has 13 heteroatoms. The van der Waals surface area contributed by atoms with Gasteiger partial charge in [-0.25, -0.2) is 22.9 Å². The topological polar surface area (TPSA) is 105 Å². The second kappa shape index (κ2) is 10.6. The predicted octanol–water partition coefficient (Wildman–Crippen LogP) is 4.38. The first-order chi connectivity index (χ1) is 18.5. The summed E-state index contributed by atoms with van der Waals surface area (Å²) < 4.78 is 42.0. The molecule has 0 atom stereocenters. The highest BCUT2D eigenvalue weighted by molar-refractivity contribution is 7.98. The molecule has 10 nitrogen and oxygen atoms in total. The summed E-state index contributed by atoms with van der Waals surface area (Å²) in [5.41, 5.74) is -1.27. The molecule has 5 rings (SSSR count). The van der Waals surface area contributed by atoms with Crippen molar-refractivity contribution in [2.24, 2.45) is 7.05 Å². The molecule has 0 unspecified atom stereocenters. The van der Waals surface area contributed by atoms with Gasteiger partial charge in [0.1, 0.15) is 17.1 Å².